The molecule has 0 amide bonds. The van der Waals surface area contributed by atoms with E-state index in [0.717, 1.165) is 5.56 Å². The molecule has 1 heterocycles. The van der Waals surface area contributed by atoms with Crippen LogP contribution in [-0.4, -0.2) is 26.1 Å². The van der Waals surface area contributed by atoms with Crippen LogP contribution in [0.3, 0.4) is 0 Å². The predicted octanol–water partition coefficient (Wildman–Crippen LogP) is 2.31. The summed E-state index contributed by atoms with van der Waals surface area (Å²) in [7, 11) is 1.69. The molecule has 0 spiro atoms. The minimum Gasteiger partial charge on any atom is -0.369 e. The van der Waals surface area contributed by atoms with Gasteiger partial charge in [0, 0.05) is 7.11 Å². The Morgan fingerprint density at radius 1 is 1.06 bits per heavy atom. The van der Waals surface area contributed by atoms with Crippen molar-refractivity contribution in [3.63, 3.8) is 0 Å². The quantitative estimate of drug-likeness (QED) is 0.768. The number of rotatable bonds is 2. The summed E-state index contributed by atoms with van der Waals surface area (Å²) >= 11 is 0. The van der Waals surface area contributed by atoms with Gasteiger partial charge < -0.3 is 14.2 Å². The van der Waals surface area contributed by atoms with Gasteiger partial charge in [0.2, 0.25) is 0 Å². The van der Waals surface area contributed by atoms with Gasteiger partial charge >= 0.3 is 0 Å². The Bertz CT molecular complexity index is 335. The number of hydrogen-bond donors (Lipinski definition) is 0. The second-order valence-electron chi connectivity index (χ2n) is 4.54. The summed E-state index contributed by atoms with van der Waals surface area (Å²) in [6, 6.07) is 10.1. The van der Waals surface area contributed by atoms with Crippen molar-refractivity contribution in [2.45, 2.75) is 25.2 Å². The van der Waals surface area contributed by atoms with Gasteiger partial charge in [0.1, 0.15) is 5.60 Å². The molecule has 3 nitrogen and oxygen atoms in total. The standard InChI is InChI=1S/C13H18O3/c1-12(2)15-9-13(14-3,10-16-12)11-7-5-4-6-8-11/h4-8H,9-10H2,1-3H3. The lowest BCUT2D eigenvalue weighted by Gasteiger charge is -2.42. The van der Waals surface area contributed by atoms with E-state index >= 15 is 0 Å². The van der Waals surface area contributed by atoms with Crippen molar-refractivity contribution in [1.82, 2.24) is 0 Å². The molecular formula is C13H18O3. The molecule has 0 unspecified atom stereocenters. The Morgan fingerprint density at radius 3 is 2.12 bits per heavy atom. The lowest BCUT2D eigenvalue weighted by atomic mass is 9.94. The van der Waals surface area contributed by atoms with Crippen LogP contribution in [0.15, 0.2) is 30.3 Å². The molecule has 2 rings (SSSR count). The van der Waals surface area contributed by atoms with Gasteiger partial charge in [0.05, 0.1) is 13.2 Å². The molecule has 0 radical (unpaired) electrons. The molecule has 1 saturated heterocycles. The molecule has 1 aliphatic rings. The van der Waals surface area contributed by atoms with E-state index in [4.69, 9.17) is 14.2 Å². The lowest BCUT2D eigenvalue weighted by Crippen LogP contribution is -2.50. The summed E-state index contributed by atoms with van der Waals surface area (Å²) in [6.07, 6.45) is 0. The average molecular weight is 222 g/mol. The van der Waals surface area contributed by atoms with Crippen LogP contribution in [0, 0.1) is 0 Å². The smallest absolute Gasteiger partial charge is 0.163 e. The van der Waals surface area contributed by atoms with E-state index in [0.29, 0.717) is 13.2 Å². The van der Waals surface area contributed by atoms with Gasteiger partial charge in [-0.05, 0) is 19.4 Å². The van der Waals surface area contributed by atoms with Crippen LogP contribution in [0.5, 0.6) is 0 Å². The first-order valence-corrected chi connectivity index (χ1v) is 5.47. The minimum absolute atomic E-state index is 0.475. The summed E-state index contributed by atoms with van der Waals surface area (Å²) in [6.45, 7) is 4.86. The van der Waals surface area contributed by atoms with Crippen LogP contribution in [-0.2, 0) is 19.8 Å². The fraction of sp³-hybridized carbons (Fsp3) is 0.538. The number of benzene rings is 1. The minimum atomic E-state index is -0.517. The number of methoxy groups -OCH3 is 1. The molecule has 0 atom stereocenters. The van der Waals surface area contributed by atoms with Crippen LogP contribution in [0.2, 0.25) is 0 Å². The van der Waals surface area contributed by atoms with Crippen molar-refractivity contribution in [3.8, 4) is 0 Å². The van der Waals surface area contributed by atoms with E-state index in [1.165, 1.54) is 0 Å². The third-order valence-electron chi connectivity index (χ3n) is 3.00. The van der Waals surface area contributed by atoms with Crippen molar-refractivity contribution >= 4 is 0 Å². The topological polar surface area (TPSA) is 27.7 Å². The fourth-order valence-electron chi connectivity index (χ4n) is 1.81. The van der Waals surface area contributed by atoms with Gasteiger partial charge in [-0.15, -0.1) is 0 Å². The van der Waals surface area contributed by atoms with Crippen LogP contribution in [0.1, 0.15) is 19.4 Å². The van der Waals surface area contributed by atoms with Gasteiger partial charge in [-0.3, -0.25) is 0 Å². The zero-order valence-electron chi connectivity index (χ0n) is 10.0. The Kier molecular flexibility index (Phi) is 3.02. The Balaban J connectivity index is 2.23. The molecule has 0 N–H and O–H groups in total. The monoisotopic (exact) mass is 222 g/mol. The highest BCUT2D eigenvalue weighted by atomic mass is 16.7. The highest BCUT2D eigenvalue weighted by Crippen LogP contribution is 2.33. The number of ether oxygens (including phenoxy) is 3. The third-order valence-corrected chi connectivity index (χ3v) is 3.00. The molecule has 3 heteroatoms. The SMILES string of the molecule is COC1(c2ccccc2)COC(C)(C)OC1. The first-order valence-electron chi connectivity index (χ1n) is 5.47. The Hall–Kier alpha value is -0.900. The third kappa shape index (κ3) is 2.12. The zero-order valence-corrected chi connectivity index (χ0v) is 10.0. The van der Waals surface area contributed by atoms with Crippen LogP contribution >= 0.6 is 0 Å². The zero-order chi connectivity index (χ0) is 11.6. The largest absolute Gasteiger partial charge is 0.369 e. The van der Waals surface area contributed by atoms with Crippen LogP contribution < -0.4 is 0 Å². The summed E-state index contributed by atoms with van der Waals surface area (Å²) in [4.78, 5) is 0. The molecule has 0 bridgehead atoms. The first-order chi connectivity index (χ1) is 7.58. The summed E-state index contributed by atoms with van der Waals surface area (Å²) in [5.74, 6) is -0.517. The number of hydrogen-bond acceptors (Lipinski definition) is 3. The van der Waals surface area contributed by atoms with Crippen LogP contribution in [0.25, 0.3) is 0 Å². The first kappa shape index (κ1) is 11.6. The van der Waals surface area contributed by atoms with E-state index < -0.39 is 11.4 Å². The second-order valence-corrected chi connectivity index (χ2v) is 4.54. The molecule has 88 valence electrons. The van der Waals surface area contributed by atoms with Crippen molar-refractivity contribution < 1.29 is 14.2 Å². The molecule has 0 aromatic heterocycles. The summed E-state index contributed by atoms with van der Waals surface area (Å²) in [5.41, 5.74) is 0.615. The second kappa shape index (κ2) is 4.17. The van der Waals surface area contributed by atoms with Gasteiger partial charge in [-0.2, -0.15) is 0 Å². The van der Waals surface area contributed by atoms with Gasteiger partial charge in [0.15, 0.2) is 5.79 Å². The van der Waals surface area contributed by atoms with E-state index in [9.17, 15) is 0 Å². The highest BCUT2D eigenvalue weighted by Gasteiger charge is 2.41. The Morgan fingerprint density at radius 2 is 1.62 bits per heavy atom. The molecule has 1 aromatic rings. The van der Waals surface area contributed by atoms with Gasteiger partial charge in [-0.25, -0.2) is 0 Å². The van der Waals surface area contributed by atoms with Gasteiger partial charge in [-0.1, -0.05) is 30.3 Å². The van der Waals surface area contributed by atoms with Crippen molar-refractivity contribution in [2.75, 3.05) is 20.3 Å². The molecule has 0 aliphatic carbocycles. The summed E-state index contributed by atoms with van der Waals surface area (Å²) < 4.78 is 17.0. The van der Waals surface area contributed by atoms with Crippen molar-refractivity contribution in [2.24, 2.45) is 0 Å². The molecule has 0 saturated carbocycles. The van der Waals surface area contributed by atoms with E-state index in [1.807, 2.05) is 44.2 Å². The lowest BCUT2D eigenvalue weighted by molar-refractivity contribution is -0.310. The average Bonchev–Trinajstić information content (AvgIpc) is 2.31. The van der Waals surface area contributed by atoms with Gasteiger partial charge in [0.25, 0.3) is 0 Å². The fourth-order valence-corrected chi connectivity index (χ4v) is 1.81. The maximum atomic E-state index is 5.68. The maximum Gasteiger partial charge on any atom is 0.163 e. The maximum absolute atomic E-state index is 5.68. The van der Waals surface area contributed by atoms with Crippen molar-refractivity contribution in [3.05, 3.63) is 35.9 Å². The molecule has 1 aromatic carbocycles. The van der Waals surface area contributed by atoms with Crippen LogP contribution in [0.4, 0.5) is 0 Å². The highest BCUT2D eigenvalue weighted by molar-refractivity contribution is 5.23. The Labute approximate surface area is 96.3 Å². The van der Waals surface area contributed by atoms with E-state index in [-0.39, 0.29) is 0 Å². The normalized spacial score (nSPS) is 22.9. The molecule has 16 heavy (non-hydrogen) atoms. The molecule has 1 fully saturated rings. The molecular weight excluding hydrogens is 204 g/mol. The molecule has 1 aliphatic heterocycles. The van der Waals surface area contributed by atoms with E-state index in [1.54, 1.807) is 7.11 Å². The predicted molar refractivity (Wildman–Crippen MR) is 61.1 cm³/mol. The van der Waals surface area contributed by atoms with Crippen molar-refractivity contribution in [1.29, 1.82) is 0 Å². The van der Waals surface area contributed by atoms with E-state index in [2.05, 4.69) is 0 Å². The summed E-state index contributed by atoms with van der Waals surface area (Å²) in [5, 5.41) is 0.